The molecule has 1 saturated heterocycles. The van der Waals surface area contributed by atoms with Gasteiger partial charge in [0.2, 0.25) is 0 Å². The van der Waals surface area contributed by atoms with Crippen LogP contribution in [0.4, 0.5) is 0 Å². The Kier molecular flexibility index (Phi) is 2.68. The minimum atomic E-state index is 0.106. The molecule has 1 fully saturated rings. The summed E-state index contributed by atoms with van der Waals surface area (Å²) in [6, 6.07) is 1.85. The molecular weight excluding hydrogens is 236 g/mol. The third-order valence-electron chi connectivity index (χ3n) is 2.88. The van der Waals surface area contributed by atoms with Gasteiger partial charge in [-0.2, -0.15) is 0 Å². The van der Waals surface area contributed by atoms with Crippen LogP contribution in [0, 0.1) is 0 Å². The van der Waals surface area contributed by atoms with Crippen LogP contribution in [0.2, 0.25) is 0 Å². The van der Waals surface area contributed by atoms with E-state index < -0.39 is 0 Å². The largest absolute Gasteiger partial charge is 0.472 e. The van der Waals surface area contributed by atoms with Crippen LogP contribution in [0.25, 0.3) is 10.6 Å². The molecule has 2 aromatic rings. The molecule has 0 aliphatic carbocycles. The third-order valence-corrected chi connectivity index (χ3v) is 3.91. The maximum atomic E-state index is 12.1. The third kappa shape index (κ3) is 1.98. The first kappa shape index (κ1) is 10.5. The number of thiazole rings is 1. The maximum Gasteiger partial charge on any atom is 0.265 e. The van der Waals surface area contributed by atoms with E-state index in [2.05, 4.69) is 4.98 Å². The summed E-state index contributed by atoms with van der Waals surface area (Å²) in [5.74, 6) is 0.106. The molecular formula is C12H12N2O2S. The van der Waals surface area contributed by atoms with E-state index in [1.807, 2.05) is 11.0 Å². The number of furan rings is 1. The lowest BCUT2D eigenvalue weighted by molar-refractivity contribution is 0.0797. The number of aromatic nitrogens is 1. The van der Waals surface area contributed by atoms with Crippen LogP contribution in [0.5, 0.6) is 0 Å². The number of carbonyl (C=O) groups excluding carboxylic acids is 1. The van der Waals surface area contributed by atoms with Crippen molar-refractivity contribution in [2.24, 2.45) is 0 Å². The van der Waals surface area contributed by atoms with Crippen molar-refractivity contribution < 1.29 is 9.21 Å². The van der Waals surface area contributed by atoms with E-state index in [1.165, 1.54) is 11.3 Å². The molecule has 0 N–H and O–H groups in total. The number of rotatable bonds is 2. The molecule has 2 aromatic heterocycles. The fourth-order valence-corrected chi connectivity index (χ4v) is 2.84. The van der Waals surface area contributed by atoms with Crippen molar-refractivity contribution >= 4 is 17.2 Å². The van der Waals surface area contributed by atoms with Crippen LogP contribution in [0.1, 0.15) is 22.5 Å². The molecule has 1 aliphatic rings. The summed E-state index contributed by atoms with van der Waals surface area (Å²) in [7, 11) is 0. The van der Waals surface area contributed by atoms with E-state index in [-0.39, 0.29) is 5.91 Å². The lowest BCUT2D eigenvalue weighted by Crippen LogP contribution is -2.26. The standard InChI is InChI=1S/C12H12N2O2S/c15-12(14-4-1-2-5-14)10-7-13-11(17-10)9-3-6-16-8-9/h3,6-8H,1-2,4-5H2. The lowest BCUT2D eigenvalue weighted by Gasteiger charge is -2.12. The van der Waals surface area contributed by atoms with Crippen LogP contribution in [0.15, 0.2) is 29.2 Å². The van der Waals surface area contributed by atoms with Crippen molar-refractivity contribution in [2.45, 2.75) is 12.8 Å². The van der Waals surface area contributed by atoms with Crippen LogP contribution < -0.4 is 0 Å². The summed E-state index contributed by atoms with van der Waals surface area (Å²) in [5.41, 5.74) is 0.926. The number of amides is 1. The predicted octanol–water partition coefficient (Wildman–Crippen LogP) is 2.64. The summed E-state index contributed by atoms with van der Waals surface area (Å²) in [4.78, 5) is 19.0. The van der Waals surface area contributed by atoms with E-state index >= 15 is 0 Å². The van der Waals surface area contributed by atoms with Gasteiger partial charge in [0.25, 0.3) is 5.91 Å². The molecule has 1 aliphatic heterocycles. The van der Waals surface area contributed by atoms with Gasteiger partial charge in [0.1, 0.15) is 16.1 Å². The topological polar surface area (TPSA) is 46.3 Å². The van der Waals surface area contributed by atoms with Gasteiger partial charge < -0.3 is 9.32 Å². The normalized spacial score (nSPS) is 15.4. The Labute approximate surface area is 103 Å². The first-order valence-electron chi connectivity index (χ1n) is 5.62. The Morgan fingerprint density at radius 1 is 1.41 bits per heavy atom. The molecule has 0 aromatic carbocycles. The summed E-state index contributed by atoms with van der Waals surface area (Å²) in [6.45, 7) is 1.75. The Morgan fingerprint density at radius 2 is 2.24 bits per heavy atom. The molecule has 5 heteroatoms. The molecule has 0 saturated carbocycles. The number of carbonyl (C=O) groups is 1. The summed E-state index contributed by atoms with van der Waals surface area (Å²) >= 11 is 1.42. The summed E-state index contributed by atoms with van der Waals surface area (Å²) < 4.78 is 5.01. The molecule has 4 nitrogen and oxygen atoms in total. The predicted molar refractivity (Wildman–Crippen MR) is 65.0 cm³/mol. The van der Waals surface area contributed by atoms with Crippen molar-refractivity contribution in [2.75, 3.05) is 13.1 Å². The van der Waals surface area contributed by atoms with E-state index in [4.69, 9.17) is 4.42 Å². The Bertz CT molecular complexity index is 512. The smallest absolute Gasteiger partial charge is 0.265 e. The Balaban J connectivity index is 1.82. The average molecular weight is 248 g/mol. The zero-order valence-corrected chi connectivity index (χ0v) is 10.1. The van der Waals surface area contributed by atoms with E-state index in [1.54, 1.807) is 18.7 Å². The number of hydrogen-bond acceptors (Lipinski definition) is 4. The van der Waals surface area contributed by atoms with Crippen molar-refractivity contribution in [3.8, 4) is 10.6 Å². The monoisotopic (exact) mass is 248 g/mol. The zero-order chi connectivity index (χ0) is 11.7. The highest BCUT2D eigenvalue weighted by atomic mass is 32.1. The number of likely N-dealkylation sites (tertiary alicyclic amines) is 1. The minimum absolute atomic E-state index is 0.106. The van der Waals surface area contributed by atoms with Gasteiger partial charge in [-0.1, -0.05) is 0 Å². The second kappa shape index (κ2) is 4.33. The van der Waals surface area contributed by atoms with Gasteiger partial charge in [-0.15, -0.1) is 11.3 Å². The van der Waals surface area contributed by atoms with Crippen molar-refractivity contribution in [1.29, 1.82) is 0 Å². The zero-order valence-electron chi connectivity index (χ0n) is 9.26. The van der Waals surface area contributed by atoms with Crippen LogP contribution in [-0.2, 0) is 0 Å². The fraction of sp³-hybridized carbons (Fsp3) is 0.333. The lowest BCUT2D eigenvalue weighted by atomic mass is 10.4. The molecule has 0 spiro atoms. The second-order valence-electron chi connectivity index (χ2n) is 4.04. The molecule has 1 amide bonds. The van der Waals surface area contributed by atoms with Crippen molar-refractivity contribution in [1.82, 2.24) is 9.88 Å². The maximum absolute atomic E-state index is 12.1. The molecule has 17 heavy (non-hydrogen) atoms. The molecule has 3 rings (SSSR count). The van der Waals surface area contributed by atoms with Gasteiger partial charge >= 0.3 is 0 Å². The van der Waals surface area contributed by atoms with Gasteiger partial charge in [0, 0.05) is 18.7 Å². The number of hydrogen-bond donors (Lipinski definition) is 0. The Hall–Kier alpha value is -1.62. The van der Waals surface area contributed by atoms with Crippen molar-refractivity contribution in [3.05, 3.63) is 29.7 Å². The average Bonchev–Trinajstić information content (AvgIpc) is 3.09. The minimum Gasteiger partial charge on any atom is -0.472 e. The molecule has 3 heterocycles. The van der Waals surface area contributed by atoms with Crippen LogP contribution >= 0.6 is 11.3 Å². The van der Waals surface area contributed by atoms with Gasteiger partial charge in [0.05, 0.1) is 12.5 Å². The second-order valence-corrected chi connectivity index (χ2v) is 5.07. The SMILES string of the molecule is O=C(c1cnc(-c2ccoc2)s1)N1CCCC1. The quantitative estimate of drug-likeness (QED) is 0.820. The molecule has 88 valence electrons. The van der Waals surface area contributed by atoms with Gasteiger partial charge in [0.15, 0.2) is 0 Å². The molecule has 0 bridgehead atoms. The molecule has 0 unspecified atom stereocenters. The summed E-state index contributed by atoms with van der Waals surface area (Å²) in [5, 5.41) is 0.835. The van der Waals surface area contributed by atoms with Gasteiger partial charge in [-0.3, -0.25) is 4.79 Å². The molecule has 0 radical (unpaired) electrons. The van der Waals surface area contributed by atoms with Crippen LogP contribution in [-0.4, -0.2) is 28.9 Å². The van der Waals surface area contributed by atoms with E-state index in [9.17, 15) is 4.79 Å². The van der Waals surface area contributed by atoms with Crippen LogP contribution in [0.3, 0.4) is 0 Å². The van der Waals surface area contributed by atoms with E-state index in [0.29, 0.717) is 4.88 Å². The van der Waals surface area contributed by atoms with E-state index in [0.717, 1.165) is 36.5 Å². The molecule has 0 atom stereocenters. The highest BCUT2D eigenvalue weighted by Crippen LogP contribution is 2.26. The highest BCUT2D eigenvalue weighted by Gasteiger charge is 2.21. The highest BCUT2D eigenvalue weighted by molar-refractivity contribution is 7.16. The van der Waals surface area contributed by atoms with Gasteiger partial charge in [-0.25, -0.2) is 4.98 Å². The first-order chi connectivity index (χ1) is 8.34. The number of nitrogens with zero attached hydrogens (tertiary/aromatic N) is 2. The Morgan fingerprint density at radius 3 is 2.94 bits per heavy atom. The van der Waals surface area contributed by atoms with Gasteiger partial charge in [-0.05, 0) is 18.9 Å². The van der Waals surface area contributed by atoms with Crippen molar-refractivity contribution in [3.63, 3.8) is 0 Å². The first-order valence-corrected chi connectivity index (χ1v) is 6.44. The summed E-state index contributed by atoms with van der Waals surface area (Å²) in [6.07, 6.45) is 7.13. The fourth-order valence-electron chi connectivity index (χ4n) is 1.97.